The summed E-state index contributed by atoms with van der Waals surface area (Å²) in [6.45, 7) is -6.85. The molecule has 0 aromatic carbocycles. The number of carbonyl (C=O) groups is 2. The van der Waals surface area contributed by atoms with Gasteiger partial charge in [-0.1, -0.05) is 0 Å². The van der Waals surface area contributed by atoms with Crippen molar-refractivity contribution in [1.29, 1.82) is 0 Å². The molecule has 29 nitrogen and oxygen atoms in total. The topological polar surface area (TPSA) is 464 Å². The van der Waals surface area contributed by atoms with Crippen LogP contribution in [-0.2, 0) is 47.5 Å². The largest absolute Gasteiger partial charge is 0.394 e. The molecule has 1 unspecified atom stereocenters. The molecule has 18 N–H and O–H groups in total. The van der Waals surface area contributed by atoms with Gasteiger partial charge in [-0.2, -0.15) is 0 Å². The van der Waals surface area contributed by atoms with E-state index in [1.807, 2.05) is 0 Å². The summed E-state index contributed by atoms with van der Waals surface area (Å²) in [6.07, 6.45) is -36.2. The normalized spacial score (nSPS) is 42.0. The van der Waals surface area contributed by atoms with E-state index in [4.69, 9.17) is 43.6 Å². The number of nitrogens with zero attached hydrogens (tertiary/aromatic N) is 2. The highest BCUT2D eigenvalue weighted by atomic mass is 16.7. The molecular weight excluding hydrogens is 854 g/mol. The highest BCUT2D eigenvalue weighted by molar-refractivity contribution is 5.83. The van der Waals surface area contributed by atoms with E-state index in [1.165, 1.54) is 0 Å². The number of hydrogen-bond donors (Lipinski definition) is 17. The molecule has 4 aliphatic heterocycles. The maximum atomic E-state index is 13.8. The lowest BCUT2D eigenvalue weighted by Crippen LogP contribution is -2.60. The number of aliphatic hydroxyl groups is 16. The van der Waals surface area contributed by atoms with Gasteiger partial charge in [0.2, 0.25) is 11.8 Å². The molecule has 4 aliphatic rings. The average molecular weight is 914 g/mol. The van der Waals surface area contributed by atoms with Crippen LogP contribution in [0, 0.1) is 0 Å². The summed E-state index contributed by atoms with van der Waals surface area (Å²) >= 11 is 0. The lowest BCUT2D eigenvalue weighted by atomic mass is 9.99. The summed E-state index contributed by atoms with van der Waals surface area (Å²) in [4.78, 5) is 28.8. The van der Waals surface area contributed by atoms with E-state index in [0.29, 0.717) is 4.90 Å². The minimum atomic E-state index is -1.93. The van der Waals surface area contributed by atoms with Crippen molar-refractivity contribution in [3.8, 4) is 0 Å². The van der Waals surface area contributed by atoms with Crippen LogP contribution in [0.25, 0.3) is 0 Å². The molecule has 4 rings (SSSR count). The van der Waals surface area contributed by atoms with Crippen LogP contribution in [0.4, 0.5) is 0 Å². The second kappa shape index (κ2) is 23.9. The third-order valence-corrected chi connectivity index (χ3v) is 10.6. The Morgan fingerprint density at radius 1 is 0.435 bits per heavy atom. The van der Waals surface area contributed by atoms with Crippen LogP contribution in [0.1, 0.15) is 12.8 Å². The van der Waals surface area contributed by atoms with Crippen molar-refractivity contribution in [2.75, 3.05) is 53.4 Å². The average Bonchev–Trinajstić information content (AvgIpc) is 3.27. The highest BCUT2D eigenvalue weighted by Gasteiger charge is 2.48. The van der Waals surface area contributed by atoms with E-state index in [2.05, 4.69) is 0 Å². The Kier molecular flexibility index (Phi) is 20.3. The first kappa shape index (κ1) is 52.6. The van der Waals surface area contributed by atoms with Crippen LogP contribution >= 0.6 is 0 Å². The van der Waals surface area contributed by atoms with Crippen LogP contribution < -0.4 is 5.73 Å². The van der Waals surface area contributed by atoms with Crippen molar-refractivity contribution in [2.24, 2.45) is 5.73 Å². The minimum absolute atomic E-state index is 0.523. The van der Waals surface area contributed by atoms with Crippen LogP contribution in [0.5, 0.6) is 0 Å². The second-order valence-corrected chi connectivity index (χ2v) is 14.9. The molecule has 4 fully saturated rings. The first-order valence-electron chi connectivity index (χ1n) is 19.3. The van der Waals surface area contributed by atoms with E-state index in [-0.39, 0.29) is 0 Å². The molecule has 29 heteroatoms. The monoisotopic (exact) mass is 913 g/mol. The standard InChI is InChI=1S/C33H59N3O26/c34-11(29(54)36(9-57-32-27(52)23(48)19(44)14(5-39)61-32)10-58-33-28(53)24(49)20(45)15(6-40)62-33)1-2-16(41)35(7-55-30-25(50)21(46)17(42)12(3-37)59-30)8-56-31-26(51)22(47)18(43)13(4-38)60-31/h11-15,17-28,30-33,37-40,42-53H,1-10,34H2/t11?,12-,13+,14-,15-,17+,18-,19+,20+,21+,22-,23+,24+,25-,26+,27-,28-,30+,31+,32-,33-/m0/s1. The summed E-state index contributed by atoms with van der Waals surface area (Å²) in [5.74, 6) is -2.02. The number of ether oxygens (including phenoxy) is 8. The predicted molar refractivity (Wildman–Crippen MR) is 190 cm³/mol. The smallest absolute Gasteiger partial charge is 0.243 e. The molecule has 4 heterocycles. The van der Waals surface area contributed by atoms with Gasteiger partial charge in [0, 0.05) is 6.42 Å². The SMILES string of the molecule is NC(CCC(=O)N(CO[C@@H]1O[C@@H](CO)[C@@H](O)[C@@H](O)[C@@H]1O)CO[C@@H]1O[C@H](CO)[C@H](O)[C@H](O)[C@H]1O)C(=O)N(CO[C@H]1O[C@@H](CO)[C@@H](O)[C@@H](O)[C@@H]1O)CO[C@H]1O[C@@H](CO)[C@@H](O)[C@@H](O)[C@@H]1O. The number of hydrogen-bond acceptors (Lipinski definition) is 27. The van der Waals surface area contributed by atoms with Crippen molar-refractivity contribution in [3.05, 3.63) is 0 Å². The van der Waals surface area contributed by atoms with E-state index in [0.717, 1.165) is 4.90 Å². The van der Waals surface area contributed by atoms with Gasteiger partial charge in [0.1, 0.15) is 125 Å². The zero-order valence-corrected chi connectivity index (χ0v) is 32.9. The van der Waals surface area contributed by atoms with Crippen molar-refractivity contribution >= 4 is 11.8 Å². The zero-order valence-electron chi connectivity index (χ0n) is 32.9. The molecule has 0 bridgehead atoms. The van der Waals surface area contributed by atoms with Gasteiger partial charge in [-0.3, -0.25) is 19.4 Å². The molecule has 62 heavy (non-hydrogen) atoms. The first-order chi connectivity index (χ1) is 29.3. The maximum absolute atomic E-state index is 13.8. The third-order valence-electron chi connectivity index (χ3n) is 10.6. The van der Waals surface area contributed by atoms with Crippen LogP contribution in [-0.4, -0.2) is 286 Å². The van der Waals surface area contributed by atoms with Gasteiger partial charge in [-0.05, 0) is 6.42 Å². The number of carbonyl (C=O) groups excluding carboxylic acids is 2. The van der Waals surface area contributed by atoms with E-state index in [1.54, 1.807) is 0 Å². The van der Waals surface area contributed by atoms with Gasteiger partial charge in [0.05, 0.1) is 32.5 Å². The Hall–Kier alpha value is -2.06. The van der Waals surface area contributed by atoms with E-state index < -0.39 is 207 Å². The van der Waals surface area contributed by atoms with Crippen LogP contribution in [0.3, 0.4) is 0 Å². The lowest BCUT2D eigenvalue weighted by molar-refractivity contribution is -0.320. The number of nitrogens with two attached hydrogens (primary N) is 1. The van der Waals surface area contributed by atoms with Crippen LogP contribution in [0.15, 0.2) is 0 Å². The van der Waals surface area contributed by atoms with Crippen LogP contribution in [0.2, 0.25) is 0 Å². The fourth-order valence-corrected chi connectivity index (χ4v) is 6.62. The Bertz CT molecular complexity index is 1290. The molecule has 0 spiro atoms. The molecule has 0 radical (unpaired) electrons. The molecule has 0 aromatic rings. The van der Waals surface area contributed by atoms with Crippen molar-refractivity contribution in [1.82, 2.24) is 9.80 Å². The van der Waals surface area contributed by atoms with Gasteiger partial charge < -0.3 is 125 Å². The summed E-state index contributed by atoms with van der Waals surface area (Å²) in [6, 6.07) is -1.64. The molecular formula is C33H59N3O26. The molecule has 4 saturated heterocycles. The van der Waals surface area contributed by atoms with E-state index in [9.17, 15) is 91.3 Å². The van der Waals surface area contributed by atoms with Crippen molar-refractivity contribution < 1.29 is 129 Å². The van der Waals surface area contributed by atoms with Gasteiger partial charge in [0.25, 0.3) is 0 Å². The first-order valence-corrected chi connectivity index (χ1v) is 19.3. The van der Waals surface area contributed by atoms with Gasteiger partial charge >= 0.3 is 0 Å². The Morgan fingerprint density at radius 3 is 0.952 bits per heavy atom. The number of amides is 2. The Labute approximate surface area is 351 Å². The fraction of sp³-hybridized carbons (Fsp3) is 0.939. The van der Waals surface area contributed by atoms with Crippen molar-refractivity contribution in [2.45, 2.75) is 142 Å². The Morgan fingerprint density at radius 2 is 0.694 bits per heavy atom. The predicted octanol–water partition coefficient (Wildman–Crippen LogP) is -12.2. The van der Waals surface area contributed by atoms with Gasteiger partial charge in [-0.25, -0.2) is 0 Å². The molecule has 0 aliphatic carbocycles. The molecule has 0 saturated carbocycles. The number of rotatable bonds is 20. The fourth-order valence-electron chi connectivity index (χ4n) is 6.62. The molecule has 2 amide bonds. The van der Waals surface area contributed by atoms with Crippen molar-refractivity contribution in [3.63, 3.8) is 0 Å². The van der Waals surface area contributed by atoms with E-state index >= 15 is 0 Å². The highest BCUT2D eigenvalue weighted by Crippen LogP contribution is 2.26. The quantitative estimate of drug-likeness (QED) is 0.0504. The number of aliphatic hydroxyl groups excluding tert-OH is 16. The Balaban J connectivity index is 1.48. The molecule has 21 atom stereocenters. The third kappa shape index (κ3) is 12.4. The lowest BCUT2D eigenvalue weighted by Gasteiger charge is -2.41. The summed E-state index contributed by atoms with van der Waals surface area (Å²) in [7, 11) is 0. The minimum Gasteiger partial charge on any atom is -0.394 e. The van der Waals surface area contributed by atoms with Gasteiger partial charge in [0.15, 0.2) is 25.2 Å². The molecule has 0 aromatic heterocycles. The summed E-state index contributed by atoms with van der Waals surface area (Å²) in [5.41, 5.74) is 6.18. The summed E-state index contributed by atoms with van der Waals surface area (Å²) in [5, 5.41) is 161. The zero-order chi connectivity index (χ0) is 46.2. The molecule has 362 valence electrons. The summed E-state index contributed by atoms with van der Waals surface area (Å²) < 4.78 is 43.0. The maximum Gasteiger partial charge on any atom is 0.243 e. The van der Waals surface area contributed by atoms with Gasteiger partial charge in [-0.15, -0.1) is 0 Å². The second-order valence-electron chi connectivity index (χ2n) is 14.9.